The molecule has 0 spiro atoms. The number of aromatic nitrogens is 4. The summed E-state index contributed by atoms with van der Waals surface area (Å²) in [6.45, 7) is 0.158. The molecule has 3 aromatic rings. The van der Waals surface area contributed by atoms with Gasteiger partial charge >= 0.3 is 0 Å². The third-order valence-corrected chi connectivity index (χ3v) is 5.36. The molecule has 0 unspecified atom stereocenters. The number of tetrazole rings is 1. The van der Waals surface area contributed by atoms with Crippen molar-refractivity contribution < 1.29 is 4.79 Å². The maximum atomic E-state index is 12.6. The van der Waals surface area contributed by atoms with E-state index in [1.807, 2.05) is 59.5 Å². The largest absolute Gasteiger partial charge is 0.352 e. The first kappa shape index (κ1) is 17.9. The van der Waals surface area contributed by atoms with Gasteiger partial charge in [-0.2, -0.15) is 4.68 Å². The highest BCUT2D eigenvalue weighted by Gasteiger charge is 2.33. The maximum Gasteiger partial charge on any atom is 0.251 e. The number of hydrogen-bond donors (Lipinski definition) is 1. The van der Waals surface area contributed by atoms with Crippen LogP contribution in [-0.4, -0.2) is 38.7 Å². The molecule has 1 aliphatic carbocycles. The minimum Gasteiger partial charge on any atom is -0.352 e. The Morgan fingerprint density at radius 3 is 2.59 bits per heavy atom. The molecule has 0 saturated heterocycles. The fourth-order valence-corrected chi connectivity index (χ4v) is 3.65. The number of carbonyl (C=O) groups excluding carboxylic acids is 1. The number of carbonyl (C=O) groups is 1. The van der Waals surface area contributed by atoms with Crippen LogP contribution < -0.4 is 10.2 Å². The van der Waals surface area contributed by atoms with Crippen molar-refractivity contribution in [1.82, 2.24) is 25.5 Å². The van der Waals surface area contributed by atoms with E-state index in [-0.39, 0.29) is 18.5 Å². The van der Waals surface area contributed by atoms with Gasteiger partial charge in [-0.15, -0.1) is 0 Å². The summed E-state index contributed by atoms with van der Waals surface area (Å²) in [5.74, 6) is 0.506. The summed E-state index contributed by atoms with van der Waals surface area (Å²) >= 11 is 6.07. The van der Waals surface area contributed by atoms with Gasteiger partial charge in [-0.3, -0.25) is 9.69 Å². The molecular formula is C21H19ClN6O. The van der Waals surface area contributed by atoms with Gasteiger partial charge in [-0.1, -0.05) is 59.2 Å². The molecule has 0 radical (unpaired) electrons. The number of nitrogens with zero attached hydrogens (tertiary/aromatic N) is 5. The van der Waals surface area contributed by atoms with Crippen molar-refractivity contribution in [3.63, 3.8) is 0 Å². The second kappa shape index (κ2) is 7.33. The summed E-state index contributed by atoms with van der Waals surface area (Å²) in [4.78, 5) is 14.5. The van der Waals surface area contributed by atoms with Crippen molar-refractivity contribution in [3.05, 3.63) is 76.8 Å². The molecule has 1 atom stereocenters. The van der Waals surface area contributed by atoms with E-state index in [1.54, 1.807) is 4.68 Å². The van der Waals surface area contributed by atoms with E-state index in [0.29, 0.717) is 17.0 Å². The van der Waals surface area contributed by atoms with Gasteiger partial charge in [0.05, 0.1) is 5.70 Å². The standard InChI is InChI=1S/C21H19ClN6O/c22-16-8-6-15(7-9-16)19-12-18(14-4-2-1-3-5-14)27(21-24-25-26-28(19)21)13-20(29)23-17-10-11-17/h1-9,12,17,19H,10-11,13H2,(H,23,29)/t19-/m0/s1. The molecule has 1 N–H and O–H groups in total. The van der Waals surface area contributed by atoms with Crippen molar-refractivity contribution in [2.24, 2.45) is 0 Å². The van der Waals surface area contributed by atoms with Gasteiger partial charge in [0.15, 0.2) is 0 Å². The molecule has 1 aromatic heterocycles. The minimum absolute atomic E-state index is 0.0335. The Morgan fingerprint density at radius 2 is 1.86 bits per heavy atom. The second-order valence-corrected chi connectivity index (χ2v) is 7.70. The maximum absolute atomic E-state index is 12.6. The Labute approximate surface area is 173 Å². The number of halogens is 1. The number of allylic oxidation sites excluding steroid dienone is 1. The van der Waals surface area contributed by atoms with Crippen LogP contribution in [0.1, 0.15) is 30.0 Å². The first-order valence-electron chi connectivity index (χ1n) is 9.56. The van der Waals surface area contributed by atoms with Crippen LogP contribution in [-0.2, 0) is 4.79 Å². The second-order valence-electron chi connectivity index (χ2n) is 7.27. The predicted octanol–water partition coefficient (Wildman–Crippen LogP) is 3.06. The first-order chi connectivity index (χ1) is 14.2. The monoisotopic (exact) mass is 406 g/mol. The van der Waals surface area contributed by atoms with E-state index < -0.39 is 0 Å². The number of anilines is 1. The summed E-state index contributed by atoms with van der Waals surface area (Å²) < 4.78 is 1.74. The molecule has 1 aliphatic heterocycles. The molecule has 29 heavy (non-hydrogen) atoms. The molecule has 7 nitrogen and oxygen atoms in total. The van der Waals surface area contributed by atoms with E-state index in [4.69, 9.17) is 11.6 Å². The van der Waals surface area contributed by atoms with Crippen molar-refractivity contribution in [2.75, 3.05) is 11.4 Å². The number of fused-ring (bicyclic) bond motifs is 1. The summed E-state index contributed by atoms with van der Waals surface area (Å²) in [5.41, 5.74) is 2.91. The van der Waals surface area contributed by atoms with E-state index in [1.165, 1.54) is 0 Å². The highest BCUT2D eigenvalue weighted by Crippen LogP contribution is 2.36. The Kier molecular flexibility index (Phi) is 4.52. The lowest BCUT2D eigenvalue weighted by Gasteiger charge is -2.32. The van der Waals surface area contributed by atoms with Crippen LogP contribution in [0.4, 0.5) is 5.95 Å². The number of hydrogen-bond acceptors (Lipinski definition) is 5. The summed E-state index contributed by atoms with van der Waals surface area (Å²) in [6.07, 6.45) is 4.18. The zero-order valence-corrected chi connectivity index (χ0v) is 16.3. The normalized spacial score (nSPS) is 18.2. The van der Waals surface area contributed by atoms with Crippen LogP contribution in [0.15, 0.2) is 60.7 Å². The first-order valence-corrected chi connectivity index (χ1v) is 9.94. The molecular weight excluding hydrogens is 388 g/mol. The van der Waals surface area contributed by atoms with Gasteiger partial charge in [0.2, 0.25) is 5.91 Å². The van der Waals surface area contributed by atoms with Crippen molar-refractivity contribution in [2.45, 2.75) is 24.9 Å². The van der Waals surface area contributed by atoms with Crippen molar-refractivity contribution >= 4 is 29.2 Å². The molecule has 5 rings (SSSR count). The predicted molar refractivity (Wildman–Crippen MR) is 110 cm³/mol. The third-order valence-electron chi connectivity index (χ3n) is 5.11. The van der Waals surface area contributed by atoms with Crippen LogP contribution in [0.3, 0.4) is 0 Å². The molecule has 2 aliphatic rings. The molecule has 2 heterocycles. The van der Waals surface area contributed by atoms with Gasteiger partial charge in [0, 0.05) is 11.1 Å². The Morgan fingerprint density at radius 1 is 1.10 bits per heavy atom. The average Bonchev–Trinajstić information content (AvgIpc) is 3.41. The number of benzene rings is 2. The lowest BCUT2D eigenvalue weighted by atomic mass is 10.0. The smallest absolute Gasteiger partial charge is 0.251 e. The molecule has 0 bridgehead atoms. The molecule has 1 amide bonds. The van der Waals surface area contributed by atoms with Crippen LogP contribution in [0.25, 0.3) is 5.70 Å². The number of nitrogens with one attached hydrogen (secondary N) is 1. The molecule has 8 heteroatoms. The van der Waals surface area contributed by atoms with Crippen LogP contribution >= 0.6 is 11.6 Å². The zero-order chi connectivity index (χ0) is 19.8. The van der Waals surface area contributed by atoms with Crippen molar-refractivity contribution in [1.29, 1.82) is 0 Å². The van der Waals surface area contributed by atoms with E-state index in [0.717, 1.165) is 29.7 Å². The summed E-state index contributed by atoms with van der Waals surface area (Å²) in [5, 5.41) is 16.0. The van der Waals surface area contributed by atoms with Crippen LogP contribution in [0.2, 0.25) is 5.02 Å². The summed E-state index contributed by atoms with van der Waals surface area (Å²) in [7, 11) is 0. The number of amides is 1. The van der Waals surface area contributed by atoms with E-state index >= 15 is 0 Å². The van der Waals surface area contributed by atoms with Crippen LogP contribution in [0, 0.1) is 0 Å². The van der Waals surface area contributed by atoms with Gasteiger partial charge in [0.25, 0.3) is 5.95 Å². The fraction of sp³-hybridized carbons (Fsp3) is 0.238. The van der Waals surface area contributed by atoms with Gasteiger partial charge < -0.3 is 5.32 Å². The van der Waals surface area contributed by atoms with Gasteiger partial charge in [-0.05, 0) is 52.6 Å². The highest BCUT2D eigenvalue weighted by molar-refractivity contribution is 6.30. The number of rotatable bonds is 5. The molecule has 1 fully saturated rings. The van der Waals surface area contributed by atoms with Crippen LogP contribution in [0.5, 0.6) is 0 Å². The SMILES string of the molecule is O=C(CN1C(c2ccccc2)=C[C@@H](c2ccc(Cl)cc2)n2nnnc21)NC1CC1. The highest BCUT2D eigenvalue weighted by atomic mass is 35.5. The lowest BCUT2D eigenvalue weighted by Crippen LogP contribution is -2.40. The van der Waals surface area contributed by atoms with E-state index in [2.05, 4.69) is 26.9 Å². The van der Waals surface area contributed by atoms with Gasteiger partial charge in [0.1, 0.15) is 12.6 Å². The molecule has 146 valence electrons. The minimum atomic E-state index is -0.199. The molecule has 1 saturated carbocycles. The summed E-state index contributed by atoms with van der Waals surface area (Å²) in [6, 6.07) is 17.7. The Hall–Kier alpha value is -3.19. The average molecular weight is 407 g/mol. The zero-order valence-electron chi connectivity index (χ0n) is 15.6. The third kappa shape index (κ3) is 3.61. The lowest BCUT2D eigenvalue weighted by molar-refractivity contribution is -0.119. The Balaban J connectivity index is 1.57. The molecule has 2 aromatic carbocycles. The topological polar surface area (TPSA) is 75.9 Å². The fourth-order valence-electron chi connectivity index (χ4n) is 3.52. The van der Waals surface area contributed by atoms with Gasteiger partial charge in [-0.25, -0.2) is 0 Å². The van der Waals surface area contributed by atoms with Crippen molar-refractivity contribution in [3.8, 4) is 0 Å². The quantitative estimate of drug-likeness (QED) is 0.704. The Bertz CT molecular complexity index is 1060. The van der Waals surface area contributed by atoms with E-state index in [9.17, 15) is 4.79 Å².